The average molecular weight is 321 g/mol. The highest BCUT2D eigenvalue weighted by molar-refractivity contribution is 7.88. The fourth-order valence-corrected chi connectivity index (χ4v) is 3.41. The molecule has 1 atom stereocenters. The SMILES string of the molecule is Cn1ncc(N2CCCC(NS(C)(=O)=O)C2)c(Cl)c1=O. The Morgan fingerprint density at radius 3 is 2.85 bits per heavy atom. The van der Waals surface area contributed by atoms with Crippen LogP contribution in [0.4, 0.5) is 5.69 Å². The number of aromatic nitrogens is 2. The van der Waals surface area contributed by atoms with Gasteiger partial charge in [-0.25, -0.2) is 17.8 Å². The molecule has 1 aromatic heterocycles. The van der Waals surface area contributed by atoms with E-state index >= 15 is 0 Å². The molecule has 0 spiro atoms. The topological polar surface area (TPSA) is 84.3 Å². The zero-order valence-corrected chi connectivity index (χ0v) is 12.9. The standard InChI is InChI=1S/C11H17ClN4O3S/c1-15-11(17)10(12)9(6-13-15)16-5-3-4-8(7-16)14-20(2,18)19/h6,8,14H,3-5,7H2,1-2H3. The molecule has 1 unspecified atom stereocenters. The van der Waals surface area contributed by atoms with Gasteiger partial charge in [0, 0.05) is 26.2 Å². The minimum atomic E-state index is -3.25. The highest BCUT2D eigenvalue weighted by Gasteiger charge is 2.24. The van der Waals surface area contributed by atoms with Crippen LogP contribution in [-0.2, 0) is 17.1 Å². The van der Waals surface area contributed by atoms with E-state index in [0.29, 0.717) is 12.2 Å². The fourth-order valence-electron chi connectivity index (χ4n) is 2.32. The number of rotatable bonds is 3. The van der Waals surface area contributed by atoms with Crippen molar-refractivity contribution in [1.29, 1.82) is 0 Å². The lowest BCUT2D eigenvalue weighted by atomic mass is 10.1. The van der Waals surface area contributed by atoms with Gasteiger partial charge in [-0.15, -0.1) is 0 Å². The molecule has 0 saturated carbocycles. The molecule has 2 rings (SSSR count). The van der Waals surface area contributed by atoms with Crippen molar-refractivity contribution in [3.8, 4) is 0 Å². The number of aryl methyl sites for hydroxylation is 1. The molecule has 1 fully saturated rings. The molecule has 2 heterocycles. The number of piperidine rings is 1. The molecule has 1 aromatic rings. The Morgan fingerprint density at radius 1 is 1.50 bits per heavy atom. The second-order valence-corrected chi connectivity index (χ2v) is 7.11. The fraction of sp³-hybridized carbons (Fsp3) is 0.636. The molecule has 0 radical (unpaired) electrons. The molecule has 1 aliphatic rings. The number of hydrogen-bond donors (Lipinski definition) is 1. The average Bonchev–Trinajstić information content (AvgIpc) is 2.34. The van der Waals surface area contributed by atoms with Crippen LogP contribution in [0.15, 0.2) is 11.0 Å². The van der Waals surface area contributed by atoms with Crippen LogP contribution in [0.5, 0.6) is 0 Å². The number of sulfonamides is 1. The summed E-state index contributed by atoms with van der Waals surface area (Å²) in [5.74, 6) is 0. The van der Waals surface area contributed by atoms with Crippen LogP contribution in [0.2, 0.25) is 5.02 Å². The Labute approximate surface area is 122 Å². The summed E-state index contributed by atoms with van der Waals surface area (Å²) in [7, 11) is -1.72. The molecular formula is C11H17ClN4O3S. The van der Waals surface area contributed by atoms with Gasteiger partial charge in [0.1, 0.15) is 5.02 Å². The highest BCUT2D eigenvalue weighted by Crippen LogP contribution is 2.24. The Balaban J connectivity index is 2.21. The van der Waals surface area contributed by atoms with E-state index in [4.69, 9.17) is 11.6 Å². The Bertz CT molecular complexity index is 658. The number of halogens is 1. The summed E-state index contributed by atoms with van der Waals surface area (Å²) in [4.78, 5) is 13.7. The van der Waals surface area contributed by atoms with Gasteiger partial charge in [-0.2, -0.15) is 5.10 Å². The highest BCUT2D eigenvalue weighted by atomic mass is 35.5. The van der Waals surface area contributed by atoms with E-state index in [-0.39, 0.29) is 16.6 Å². The lowest BCUT2D eigenvalue weighted by Crippen LogP contribution is -2.48. The van der Waals surface area contributed by atoms with E-state index in [2.05, 4.69) is 9.82 Å². The first-order valence-corrected chi connectivity index (χ1v) is 8.49. The Kier molecular flexibility index (Phi) is 4.36. The first-order valence-electron chi connectivity index (χ1n) is 6.22. The van der Waals surface area contributed by atoms with Gasteiger partial charge in [-0.05, 0) is 12.8 Å². The van der Waals surface area contributed by atoms with Gasteiger partial charge >= 0.3 is 0 Å². The van der Waals surface area contributed by atoms with Crippen LogP contribution in [0.1, 0.15) is 12.8 Å². The van der Waals surface area contributed by atoms with Crippen molar-refractivity contribution in [2.24, 2.45) is 7.05 Å². The molecule has 1 saturated heterocycles. The minimum Gasteiger partial charge on any atom is -0.367 e. The second-order valence-electron chi connectivity index (χ2n) is 4.95. The molecule has 1 aliphatic heterocycles. The van der Waals surface area contributed by atoms with Crippen molar-refractivity contribution < 1.29 is 8.42 Å². The molecule has 7 nitrogen and oxygen atoms in total. The summed E-state index contributed by atoms with van der Waals surface area (Å²) in [5, 5.41) is 4.07. The predicted octanol–water partition coefficient (Wildman–Crippen LogP) is -0.0483. The molecule has 0 aliphatic carbocycles. The largest absolute Gasteiger partial charge is 0.367 e. The molecule has 112 valence electrons. The number of anilines is 1. The second kappa shape index (κ2) is 5.71. The van der Waals surface area contributed by atoms with Crippen LogP contribution >= 0.6 is 11.6 Å². The van der Waals surface area contributed by atoms with Gasteiger partial charge in [0.2, 0.25) is 10.0 Å². The zero-order valence-electron chi connectivity index (χ0n) is 11.3. The molecule has 1 N–H and O–H groups in total. The van der Waals surface area contributed by atoms with E-state index in [9.17, 15) is 13.2 Å². The van der Waals surface area contributed by atoms with Gasteiger partial charge in [-0.3, -0.25) is 4.79 Å². The molecule has 0 bridgehead atoms. The van der Waals surface area contributed by atoms with Crippen molar-refractivity contribution in [2.75, 3.05) is 24.2 Å². The summed E-state index contributed by atoms with van der Waals surface area (Å²) < 4.78 is 26.3. The van der Waals surface area contributed by atoms with Crippen molar-refractivity contribution >= 4 is 27.3 Å². The molecular weight excluding hydrogens is 304 g/mol. The molecule has 9 heteroatoms. The van der Waals surface area contributed by atoms with E-state index in [1.807, 2.05) is 4.90 Å². The molecule has 0 amide bonds. The van der Waals surface area contributed by atoms with Gasteiger partial charge in [0.15, 0.2) is 0 Å². The number of nitrogens with one attached hydrogen (secondary N) is 1. The minimum absolute atomic E-state index is 0.113. The van der Waals surface area contributed by atoms with Crippen molar-refractivity contribution in [1.82, 2.24) is 14.5 Å². The predicted molar refractivity (Wildman–Crippen MR) is 77.7 cm³/mol. The van der Waals surface area contributed by atoms with Crippen LogP contribution in [0, 0.1) is 0 Å². The first-order chi connectivity index (χ1) is 9.28. The van der Waals surface area contributed by atoms with Crippen LogP contribution < -0.4 is 15.2 Å². The third kappa shape index (κ3) is 3.50. The van der Waals surface area contributed by atoms with E-state index in [1.54, 1.807) is 0 Å². The monoisotopic (exact) mass is 320 g/mol. The lowest BCUT2D eigenvalue weighted by Gasteiger charge is -2.34. The summed E-state index contributed by atoms with van der Waals surface area (Å²) in [6, 6.07) is -0.182. The first kappa shape index (κ1) is 15.3. The van der Waals surface area contributed by atoms with Crippen molar-refractivity contribution in [3.05, 3.63) is 21.6 Å². The van der Waals surface area contributed by atoms with Crippen LogP contribution in [-0.4, -0.2) is 43.6 Å². The van der Waals surface area contributed by atoms with Gasteiger partial charge in [0.25, 0.3) is 5.56 Å². The third-order valence-electron chi connectivity index (χ3n) is 3.20. The van der Waals surface area contributed by atoms with E-state index in [0.717, 1.165) is 25.6 Å². The van der Waals surface area contributed by atoms with E-state index in [1.165, 1.54) is 17.9 Å². The summed E-state index contributed by atoms with van der Waals surface area (Å²) in [6.07, 6.45) is 4.25. The lowest BCUT2D eigenvalue weighted by molar-refractivity contribution is 0.467. The molecule has 20 heavy (non-hydrogen) atoms. The van der Waals surface area contributed by atoms with Crippen LogP contribution in [0.3, 0.4) is 0 Å². The summed E-state index contributed by atoms with van der Waals surface area (Å²) in [5.41, 5.74) is 0.192. The zero-order chi connectivity index (χ0) is 14.9. The maximum Gasteiger partial charge on any atom is 0.287 e. The Morgan fingerprint density at radius 2 is 2.20 bits per heavy atom. The van der Waals surface area contributed by atoms with Gasteiger partial charge in [-0.1, -0.05) is 11.6 Å². The Hall–Kier alpha value is -1.12. The van der Waals surface area contributed by atoms with E-state index < -0.39 is 10.0 Å². The number of nitrogens with zero attached hydrogens (tertiary/aromatic N) is 3. The summed E-state index contributed by atoms with van der Waals surface area (Å²) >= 11 is 6.06. The maximum atomic E-state index is 11.8. The number of hydrogen-bond acceptors (Lipinski definition) is 5. The third-order valence-corrected chi connectivity index (χ3v) is 4.32. The van der Waals surface area contributed by atoms with Crippen molar-refractivity contribution in [2.45, 2.75) is 18.9 Å². The quantitative estimate of drug-likeness (QED) is 0.844. The van der Waals surface area contributed by atoms with Gasteiger partial charge < -0.3 is 4.90 Å². The summed E-state index contributed by atoms with van der Waals surface area (Å²) in [6.45, 7) is 1.19. The van der Waals surface area contributed by atoms with Gasteiger partial charge in [0.05, 0.1) is 18.1 Å². The maximum absolute atomic E-state index is 11.8. The smallest absolute Gasteiger partial charge is 0.287 e. The van der Waals surface area contributed by atoms with Crippen LogP contribution in [0.25, 0.3) is 0 Å². The molecule has 0 aromatic carbocycles. The normalized spacial score (nSPS) is 20.1. The van der Waals surface area contributed by atoms with Crippen molar-refractivity contribution in [3.63, 3.8) is 0 Å².